The summed E-state index contributed by atoms with van der Waals surface area (Å²) in [6, 6.07) is 19.2. The van der Waals surface area contributed by atoms with Gasteiger partial charge in [0.2, 0.25) is 5.91 Å². The lowest BCUT2D eigenvalue weighted by Crippen LogP contribution is -2.48. The second kappa shape index (κ2) is 11.4. The molecular weight excluding hydrogens is 416 g/mol. The predicted octanol–water partition coefficient (Wildman–Crippen LogP) is 3.85. The highest BCUT2D eigenvalue weighted by Crippen LogP contribution is 2.24. The number of hydrogen-bond acceptors (Lipinski definition) is 5. The molecule has 6 heteroatoms. The summed E-state index contributed by atoms with van der Waals surface area (Å²) < 4.78 is 0. The second-order valence-electron chi connectivity index (χ2n) is 8.32. The molecule has 0 radical (unpaired) electrons. The zero-order valence-corrected chi connectivity index (χ0v) is 19.6. The molecule has 0 aliphatic carbocycles. The number of hydrogen-bond donors (Lipinski definition) is 1. The zero-order valence-electron chi connectivity index (χ0n) is 18.8. The van der Waals surface area contributed by atoms with Crippen molar-refractivity contribution in [3.8, 4) is 10.6 Å². The van der Waals surface area contributed by atoms with Gasteiger partial charge in [0, 0.05) is 56.8 Å². The summed E-state index contributed by atoms with van der Waals surface area (Å²) >= 11 is 1.60. The molecular formula is C26H32N4OS. The van der Waals surface area contributed by atoms with Gasteiger partial charge < -0.3 is 5.32 Å². The zero-order chi connectivity index (χ0) is 22.2. The van der Waals surface area contributed by atoms with E-state index in [1.165, 1.54) is 11.1 Å². The van der Waals surface area contributed by atoms with Crippen molar-refractivity contribution in [1.82, 2.24) is 20.1 Å². The van der Waals surface area contributed by atoms with E-state index in [-0.39, 0.29) is 5.91 Å². The first kappa shape index (κ1) is 22.6. The van der Waals surface area contributed by atoms with E-state index in [0.29, 0.717) is 13.0 Å². The van der Waals surface area contributed by atoms with Crippen molar-refractivity contribution in [3.05, 3.63) is 76.8 Å². The van der Waals surface area contributed by atoms with Gasteiger partial charge in [-0.05, 0) is 17.5 Å². The Bertz CT molecular complexity index is 979. The van der Waals surface area contributed by atoms with Crippen LogP contribution in [0.4, 0.5) is 0 Å². The Morgan fingerprint density at radius 3 is 2.41 bits per heavy atom. The molecule has 1 fully saturated rings. The molecule has 1 N–H and O–H groups in total. The van der Waals surface area contributed by atoms with Crippen molar-refractivity contribution >= 4 is 17.2 Å². The molecule has 1 saturated heterocycles. The van der Waals surface area contributed by atoms with E-state index >= 15 is 0 Å². The van der Waals surface area contributed by atoms with Gasteiger partial charge in [0.15, 0.2) is 0 Å². The standard InChI is InChI=1S/C26H32N4OS/c1-2-21-8-10-23(11-9-21)26-28-24(20-32-26)18-25(31)27-12-13-29-14-16-30(17-15-29)19-22-6-4-3-5-7-22/h3-11,20H,2,12-19H2,1H3,(H,27,31). The van der Waals surface area contributed by atoms with E-state index in [4.69, 9.17) is 0 Å². The van der Waals surface area contributed by atoms with Gasteiger partial charge in [-0.15, -0.1) is 11.3 Å². The van der Waals surface area contributed by atoms with Crippen molar-refractivity contribution in [2.24, 2.45) is 0 Å². The maximum Gasteiger partial charge on any atom is 0.226 e. The first-order valence-corrected chi connectivity index (χ1v) is 12.4. The van der Waals surface area contributed by atoms with Crippen LogP contribution >= 0.6 is 11.3 Å². The third-order valence-corrected chi connectivity index (χ3v) is 6.91. The minimum absolute atomic E-state index is 0.0471. The minimum Gasteiger partial charge on any atom is -0.354 e. The molecule has 1 amide bonds. The van der Waals surface area contributed by atoms with Gasteiger partial charge in [0.25, 0.3) is 0 Å². The van der Waals surface area contributed by atoms with E-state index in [1.807, 2.05) is 5.38 Å². The van der Waals surface area contributed by atoms with Crippen LogP contribution in [0.15, 0.2) is 60.0 Å². The average molecular weight is 449 g/mol. The molecule has 0 unspecified atom stereocenters. The van der Waals surface area contributed by atoms with E-state index in [1.54, 1.807) is 11.3 Å². The van der Waals surface area contributed by atoms with Gasteiger partial charge in [-0.1, -0.05) is 61.5 Å². The number of rotatable bonds is 9. The van der Waals surface area contributed by atoms with Crippen molar-refractivity contribution in [2.45, 2.75) is 26.3 Å². The van der Waals surface area contributed by atoms with Crippen molar-refractivity contribution in [2.75, 3.05) is 39.3 Å². The smallest absolute Gasteiger partial charge is 0.226 e. The Morgan fingerprint density at radius 2 is 1.69 bits per heavy atom. The monoisotopic (exact) mass is 448 g/mol. The molecule has 2 aromatic carbocycles. The minimum atomic E-state index is 0.0471. The molecule has 1 aromatic heterocycles. The maximum atomic E-state index is 12.4. The summed E-state index contributed by atoms with van der Waals surface area (Å²) in [4.78, 5) is 22.0. The van der Waals surface area contributed by atoms with Gasteiger partial charge in [-0.25, -0.2) is 4.98 Å². The fourth-order valence-corrected chi connectivity index (χ4v) is 4.82. The van der Waals surface area contributed by atoms with E-state index < -0.39 is 0 Å². The highest BCUT2D eigenvalue weighted by atomic mass is 32.1. The molecule has 5 nitrogen and oxygen atoms in total. The number of nitrogens with one attached hydrogen (secondary N) is 1. The largest absolute Gasteiger partial charge is 0.354 e. The van der Waals surface area contributed by atoms with Crippen LogP contribution in [0.25, 0.3) is 10.6 Å². The fourth-order valence-electron chi connectivity index (χ4n) is 4.00. The number of aryl methyl sites for hydroxylation is 1. The quantitative estimate of drug-likeness (QED) is 0.540. The third kappa shape index (κ3) is 6.48. The maximum absolute atomic E-state index is 12.4. The lowest BCUT2D eigenvalue weighted by Gasteiger charge is -2.34. The SMILES string of the molecule is CCc1ccc(-c2nc(CC(=O)NCCN3CCN(Cc4ccccc4)CC3)cs2)cc1. The van der Waals surface area contributed by atoms with Crippen molar-refractivity contribution in [1.29, 1.82) is 0 Å². The Kier molecular flexibility index (Phi) is 8.04. The summed E-state index contributed by atoms with van der Waals surface area (Å²) in [6.45, 7) is 9.01. The number of carbonyl (C=O) groups excluding carboxylic acids is 1. The van der Waals surface area contributed by atoms with Crippen LogP contribution in [0.2, 0.25) is 0 Å². The number of thiazole rings is 1. The normalized spacial score (nSPS) is 15.0. The van der Waals surface area contributed by atoms with Gasteiger partial charge in [0.05, 0.1) is 12.1 Å². The molecule has 2 heterocycles. The highest BCUT2D eigenvalue weighted by molar-refractivity contribution is 7.13. The van der Waals surface area contributed by atoms with Gasteiger partial charge in [-0.3, -0.25) is 14.6 Å². The Hall–Kier alpha value is -2.54. The summed E-state index contributed by atoms with van der Waals surface area (Å²) in [5.74, 6) is 0.0471. The van der Waals surface area contributed by atoms with Gasteiger partial charge in [0.1, 0.15) is 5.01 Å². The molecule has 4 rings (SSSR count). The number of nitrogens with zero attached hydrogens (tertiary/aromatic N) is 3. The summed E-state index contributed by atoms with van der Waals surface area (Å²) in [6.07, 6.45) is 1.38. The van der Waals surface area contributed by atoms with E-state index in [2.05, 4.69) is 81.6 Å². The molecule has 1 aliphatic rings. The molecule has 0 bridgehead atoms. The number of benzene rings is 2. The summed E-state index contributed by atoms with van der Waals surface area (Å²) in [7, 11) is 0. The van der Waals surface area contributed by atoms with Crippen LogP contribution in [0, 0.1) is 0 Å². The summed E-state index contributed by atoms with van der Waals surface area (Å²) in [5, 5.41) is 6.03. The topological polar surface area (TPSA) is 48.5 Å². The molecule has 1 aliphatic heterocycles. The Balaban J connectivity index is 1.15. The first-order chi connectivity index (χ1) is 15.7. The number of carbonyl (C=O) groups is 1. The average Bonchev–Trinajstić information content (AvgIpc) is 3.29. The Morgan fingerprint density at radius 1 is 0.969 bits per heavy atom. The molecule has 0 atom stereocenters. The molecule has 32 heavy (non-hydrogen) atoms. The fraction of sp³-hybridized carbons (Fsp3) is 0.385. The number of piperazine rings is 1. The number of amides is 1. The van der Waals surface area contributed by atoms with Gasteiger partial charge in [-0.2, -0.15) is 0 Å². The molecule has 168 valence electrons. The molecule has 3 aromatic rings. The van der Waals surface area contributed by atoms with E-state index in [0.717, 1.165) is 62.0 Å². The Labute approximate surface area is 195 Å². The van der Waals surface area contributed by atoms with Crippen LogP contribution < -0.4 is 5.32 Å². The second-order valence-corrected chi connectivity index (χ2v) is 9.18. The molecule has 0 saturated carbocycles. The van der Waals surface area contributed by atoms with Crippen LogP contribution in [-0.2, 0) is 24.2 Å². The van der Waals surface area contributed by atoms with E-state index in [9.17, 15) is 4.79 Å². The van der Waals surface area contributed by atoms with Crippen molar-refractivity contribution in [3.63, 3.8) is 0 Å². The highest BCUT2D eigenvalue weighted by Gasteiger charge is 2.17. The van der Waals surface area contributed by atoms with Gasteiger partial charge >= 0.3 is 0 Å². The van der Waals surface area contributed by atoms with Crippen LogP contribution in [-0.4, -0.2) is 60.0 Å². The predicted molar refractivity (Wildman–Crippen MR) is 132 cm³/mol. The van der Waals surface area contributed by atoms with Crippen LogP contribution in [0.5, 0.6) is 0 Å². The summed E-state index contributed by atoms with van der Waals surface area (Å²) in [5.41, 5.74) is 4.65. The third-order valence-electron chi connectivity index (χ3n) is 5.97. The lowest BCUT2D eigenvalue weighted by atomic mass is 10.1. The van der Waals surface area contributed by atoms with Crippen LogP contribution in [0.1, 0.15) is 23.7 Å². The number of aromatic nitrogens is 1. The van der Waals surface area contributed by atoms with Crippen LogP contribution in [0.3, 0.4) is 0 Å². The lowest BCUT2D eigenvalue weighted by molar-refractivity contribution is -0.120. The van der Waals surface area contributed by atoms with Crippen molar-refractivity contribution < 1.29 is 4.79 Å². The first-order valence-electron chi connectivity index (χ1n) is 11.5. The molecule has 0 spiro atoms.